The third-order valence-electron chi connectivity index (χ3n) is 3.56. The molecule has 1 heterocycles. The summed E-state index contributed by atoms with van der Waals surface area (Å²) in [6.45, 7) is 0. The van der Waals surface area contributed by atoms with Crippen molar-refractivity contribution >= 4 is 33.6 Å². The van der Waals surface area contributed by atoms with E-state index >= 15 is 0 Å². The van der Waals surface area contributed by atoms with E-state index in [2.05, 4.69) is 0 Å². The number of rotatable bonds is 3. The van der Waals surface area contributed by atoms with E-state index in [1.165, 1.54) is 47.4 Å². The Hall–Kier alpha value is -0.940. The Morgan fingerprint density at radius 3 is 2.11 bits per heavy atom. The van der Waals surface area contributed by atoms with E-state index in [0.29, 0.717) is 16.4 Å². The smallest absolute Gasteiger partial charge is 0.268 e. The monoisotopic (exact) mass is 293 g/mol. The van der Waals surface area contributed by atoms with Crippen LogP contribution in [0.15, 0.2) is 24.3 Å². The molecule has 0 aromatic heterocycles. The molecule has 0 unspecified atom stereocenters. The number of carbonyl (C=O) groups excluding carboxylic acids is 2. The second-order valence-electron chi connectivity index (χ2n) is 4.88. The SMILES string of the molecule is O=C1c2ccccc2C(=O)N1SSC1CCCCC1. The van der Waals surface area contributed by atoms with Crippen LogP contribution in [0, 0.1) is 0 Å². The minimum atomic E-state index is -0.172. The van der Waals surface area contributed by atoms with Gasteiger partial charge in [0, 0.05) is 16.2 Å². The summed E-state index contributed by atoms with van der Waals surface area (Å²) in [6.07, 6.45) is 6.23. The van der Waals surface area contributed by atoms with E-state index in [0.717, 1.165) is 0 Å². The van der Waals surface area contributed by atoms with Crippen molar-refractivity contribution in [1.29, 1.82) is 0 Å². The molecule has 0 radical (unpaired) electrons. The van der Waals surface area contributed by atoms with Crippen LogP contribution in [0.5, 0.6) is 0 Å². The molecule has 1 fully saturated rings. The first-order valence-electron chi connectivity index (χ1n) is 6.58. The zero-order valence-electron chi connectivity index (χ0n) is 10.5. The van der Waals surface area contributed by atoms with E-state index in [4.69, 9.17) is 0 Å². The molecule has 0 atom stereocenters. The van der Waals surface area contributed by atoms with Gasteiger partial charge in [-0.15, -0.1) is 0 Å². The zero-order chi connectivity index (χ0) is 13.2. The highest BCUT2D eigenvalue weighted by Gasteiger charge is 2.36. The van der Waals surface area contributed by atoms with Gasteiger partial charge in [-0.1, -0.05) is 42.2 Å². The van der Waals surface area contributed by atoms with Crippen molar-refractivity contribution in [2.24, 2.45) is 0 Å². The summed E-state index contributed by atoms with van der Waals surface area (Å²) >= 11 is 0. The van der Waals surface area contributed by atoms with Crippen LogP contribution in [0.1, 0.15) is 52.8 Å². The van der Waals surface area contributed by atoms with E-state index in [1.807, 2.05) is 0 Å². The summed E-state index contributed by atoms with van der Waals surface area (Å²) in [5.41, 5.74) is 1.06. The predicted molar refractivity (Wildman–Crippen MR) is 79.0 cm³/mol. The highest BCUT2D eigenvalue weighted by Crippen LogP contribution is 2.41. The fraction of sp³-hybridized carbons (Fsp3) is 0.429. The van der Waals surface area contributed by atoms with Gasteiger partial charge in [0.2, 0.25) is 0 Å². The summed E-state index contributed by atoms with van der Waals surface area (Å²) in [4.78, 5) is 24.3. The molecule has 0 bridgehead atoms. The Bertz CT molecular complexity index is 477. The molecule has 0 saturated heterocycles. The maximum atomic E-state index is 12.2. The molecule has 3 rings (SSSR count). The first kappa shape index (κ1) is 13.1. The first-order valence-corrected chi connectivity index (χ1v) is 8.75. The molecule has 0 spiro atoms. The molecule has 1 saturated carbocycles. The number of hydrogen-bond donors (Lipinski definition) is 0. The second kappa shape index (κ2) is 5.59. The summed E-state index contributed by atoms with van der Waals surface area (Å²) in [5.74, 6) is -0.345. The Labute approximate surface area is 120 Å². The number of carbonyl (C=O) groups is 2. The van der Waals surface area contributed by atoms with Crippen LogP contribution in [0.2, 0.25) is 0 Å². The van der Waals surface area contributed by atoms with Crippen molar-refractivity contribution in [2.45, 2.75) is 37.4 Å². The van der Waals surface area contributed by atoms with Crippen LogP contribution in [0.3, 0.4) is 0 Å². The van der Waals surface area contributed by atoms with E-state index in [1.54, 1.807) is 35.1 Å². The van der Waals surface area contributed by atoms with Gasteiger partial charge >= 0.3 is 0 Å². The van der Waals surface area contributed by atoms with Crippen LogP contribution in [0.4, 0.5) is 0 Å². The number of benzene rings is 1. The van der Waals surface area contributed by atoms with Gasteiger partial charge in [-0.3, -0.25) is 9.59 Å². The van der Waals surface area contributed by atoms with E-state index < -0.39 is 0 Å². The topological polar surface area (TPSA) is 37.4 Å². The predicted octanol–water partition coefficient (Wildman–Crippen LogP) is 3.91. The van der Waals surface area contributed by atoms with Crippen molar-refractivity contribution < 1.29 is 9.59 Å². The van der Waals surface area contributed by atoms with Crippen LogP contribution in [0.25, 0.3) is 0 Å². The average molecular weight is 293 g/mol. The van der Waals surface area contributed by atoms with E-state index in [9.17, 15) is 9.59 Å². The first-order chi connectivity index (χ1) is 9.27. The maximum Gasteiger partial charge on any atom is 0.272 e. The molecule has 1 aliphatic heterocycles. The summed E-state index contributed by atoms with van der Waals surface area (Å²) in [6, 6.07) is 7.04. The van der Waals surface area contributed by atoms with Crippen LogP contribution < -0.4 is 0 Å². The summed E-state index contributed by atoms with van der Waals surface area (Å²) in [5, 5.41) is 0.572. The van der Waals surface area contributed by atoms with Crippen LogP contribution in [-0.2, 0) is 0 Å². The van der Waals surface area contributed by atoms with Gasteiger partial charge in [0.05, 0.1) is 11.1 Å². The maximum absolute atomic E-state index is 12.2. The fourth-order valence-corrected chi connectivity index (χ4v) is 5.17. The normalized spacial score (nSPS) is 19.9. The lowest BCUT2D eigenvalue weighted by Crippen LogP contribution is -2.22. The van der Waals surface area contributed by atoms with Gasteiger partial charge in [0.15, 0.2) is 0 Å². The molecule has 2 amide bonds. The Morgan fingerprint density at radius 1 is 0.947 bits per heavy atom. The number of nitrogens with zero attached hydrogens (tertiary/aromatic N) is 1. The lowest BCUT2D eigenvalue weighted by Gasteiger charge is -2.21. The lowest BCUT2D eigenvalue weighted by molar-refractivity contribution is 0.0779. The minimum Gasteiger partial charge on any atom is -0.268 e. The van der Waals surface area contributed by atoms with Gasteiger partial charge in [-0.05, 0) is 25.0 Å². The molecule has 1 aliphatic carbocycles. The molecular formula is C14H15NO2S2. The number of imide groups is 1. The second-order valence-corrected chi connectivity index (χ2v) is 7.28. The number of hydrogen-bond acceptors (Lipinski definition) is 4. The summed E-state index contributed by atoms with van der Waals surface area (Å²) in [7, 11) is 2.99. The molecule has 19 heavy (non-hydrogen) atoms. The van der Waals surface area contributed by atoms with Gasteiger partial charge in [-0.2, -0.15) is 0 Å². The molecule has 1 aromatic carbocycles. The fourth-order valence-electron chi connectivity index (χ4n) is 2.50. The van der Waals surface area contributed by atoms with Crippen molar-refractivity contribution in [3.05, 3.63) is 35.4 Å². The van der Waals surface area contributed by atoms with Gasteiger partial charge in [0.25, 0.3) is 11.8 Å². The molecule has 1 aromatic rings. The minimum absolute atomic E-state index is 0.172. The molecular weight excluding hydrogens is 278 g/mol. The van der Waals surface area contributed by atoms with Crippen molar-refractivity contribution in [3.63, 3.8) is 0 Å². The zero-order valence-corrected chi connectivity index (χ0v) is 12.1. The largest absolute Gasteiger partial charge is 0.272 e. The van der Waals surface area contributed by atoms with Gasteiger partial charge in [0.1, 0.15) is 0 Å². The van der Waals surface area contributed by atoms with Gasteiger partial charge < -0.3 is 0 Å². The molecule has 2 aliphatic rings. The van der Waals surface area contributed by atoms with Crippen molar-refractivity contribution in [1.82, 2.24) is 4.31 Å². The number of fused-ring (bicyclic) bond motifs is 1. The van der Waals surface area contributed by atoms with E-state index in [-0.39, 0.29) is 11.8 Å². The molecule has 5 heteroatoms. The highest BCUT2D eigenvalue weighted by molar-refractivity contribution is 8.76. The third-order valence-corrected chi connectivity index (χ3v) is 6.39. The standard InChI is InChI=1S/C14H15NO2S2/c16-13-11-8-4-5-9-12(11)14(17)15(13)19-18-10-6-2-1-3-7-10/h4-5,8-10H,1-3,6-7H2. The number of amides is 2. The highest BCUT2D eigenvalue weighted by atomic mass is 33.1. The van der Waals surface area contributed by atoms with Gasteiger partial charge in [-0.25, -0.2) is 4.31 Å². The third kappa shape index (κ3) is 2.54. The van der Waals surface area contributed by atoms with Crippen molar-refractivity contribution in [2.75, 3.05) is 0 Å². The molecule has 3 nitrogen and oxygen atoms in total. The molecule has 0 N–H and O–H groups in total. The Balaban J connectivity index is 1.67. The lowest BCUT2D eigenvalue weighted by atomic mass is 10.0. The molecule has 100 valence electrons. The van der Waals surface area contributed by atoms with Crippen LogP contribution in [-0.4, -0.2) is 21.4 Å². The van der Waals surface area contributed by atoms with Crippen molar-refractivity contribution in [3.8, 4) is 0 Å². The quantitative estimate of drug-likeness (QED) is 0.481. The average Bonchev–Trinajstić information content (AvgIpc) is 2.71. The Morgan fingerprint density at radius 2 is 1.53 bits per heavy atom. The Kier molecular flexibility index (Phi) is 3.84. The van der Waals surface area contributed by atoms with Crippen LogP contribution >= 0.6 is 21.8 Å². The summed E-state index contributed by atoms with van der Waals surface area (Å²) < 4.78 is 1.31.